The average Bonchev–Trinajstić information content (AvgIpc) is 1.23. The largest absolute Gasteiger partial charge is 0.472 e. The molecule has 0 bridgehead atoms. The van der Waals surface area contributed by atoms with Crippen LogP contribution in [0.25, 0.3) is 0 Å². The Bertz CT molecular complexity index is 1890. The van der Waals surface area contributed by atoms with E-state index in [-0.39, 0.29) is 25.7 Å². The van der Waals surface area contributed by atoms with E-state index in [1.165, 1.54) is 199 Å². The van der Waals surface area contributed by atoms with E-state index in [0.29, 0.717) is 25.7 Å². The van der Waals surface area contributed by atoms with Gasteiger partial charge in [-0.2, -0.15) is 0 Å². The van der Waals surface area contributed by atoms with Crippen molar-refractivity contribution in [2.24, 2.45) is 17.8 Å². The topological polar surface area (TPSA) is 237 Å². The summed E-state index contributed by atoms with van der Waals surface area (Å²) in [4.78, 5) is 72.8. The minimum absolute atomic E-state index is 0.106. The second-order valence-corrected chi connectivity index (χ2v) is 32.0. The fourth-order valence-corrected chi connectivity index (χ4v) is 13.5. The molecule has 17 nitrogen and oxygen atoms in total. The lowest BCUT2D eigenvalue weighted by molar-refractivity contribution is -0.161. The highest BCUT2D eigenvalue weighted by atomic mass is 31.2. The normalized spacial score (nSPS) is 14.6. The monoisotopic (exact) mass is 1420 g/mol. The molecule has 0 aromatic carbocycles. The van der Waals surface area contributed by atoms with Crippen LogP contribution in [0.2, 0.25) is 0 Å². The number of aliphatic hydroxyl groups excluding tert-OH is 1. The number of hydrogen-bond donors (Lipinski definition) is 3. The molecule has 0 amide bonds. The number of carbonyl (C=O) groups excluding carboxylic acids is 4. The van der Waals surface area contributed by atoms with Gasteiger partial charge in [0, 0.05) is 25.7 Å². The van der Waals surface area contributed by atoms with Crippen LogP contribution in [0.15, 0.2) is 0 Å². The number of rotatable bonds is 76. The molecule has 0 aliphatic rings. The van der Waals surface area contributed by atoms with Crippen LogP contribution in [0, 0.1) is 17.8 Å². The summed E-state index contributed by atoms with van der Waals surface area (Å²) in [5, 5.41) is 10.6. The van der Waals surface area contributed by atoms with E-state index in [0.717, 1.165) is 120 Å². The molecule has 0 aromatic heterocycles. The lowest BCUT2D eigenvalue weighted by atomic mass is 9.99. The van der Waals surface area contributed by atoms with Crippen molar-refractivity contribution >= 4 is 39.5 Å². The van der Waals surface area contributed by atoms with Crippen molar-refractivity contribution in [3.63, 3.8) is 0 Å². The maximum absolute atomic E-state index is 13.1. The number of esters is 4. The molecular formula is C78H152O17P2. The van der Waals surface area contributed by atoms with Crippen molar-refractivity contribution < 1.29 is 80.2 Å². The van der Waals surface area contributed by atoms with Gasteiger partial charge in [-0.05, 0) is 43.4 Å². The molecule has 0 radical (unpaired) electrons. The van der Waals surface area contributed by atoms with E-state index in [9.17, 15) is 43.2 Å². The summed E-state index contributed by atoms with van der Waals surface area (Å²) in [6.07, 6.45) is 55.5. The molecule has 0 aliphatic heterocycles. The standard InChI is InChI=1S/C78H152O17P2/c1-8-11-12-13-35-45-52-59-75(80)88-65-73(94-78(83)62-55-48-41-34-28-27-31-38-44-51-58-71(7)10-3)67-92-96(84,85)90-63-72(79)64-91-97(86,87)93-68-74(95-77(82)61-54-47-40-33-26-22-16-14-15-19-23-29-36-42-49-56-69(4)5)66-89-76(81)60-53-46-39-32-25-21-18-17-20-24-30-37-43-50-57-70(6)9-2/h69-74,79H,8-68H2,1-7H3,(H,84,85)(H,86,87)/t70?,71?,72-,73+,74+/m0/s1. The highest BCUT2D eigenvalue weighted by Gasteiger charge is 2.30. The van der Waals surface area contributed by atoms with E-state index >= 15 is 0 Å². The maximum atomic E-state index is 13.1. The first-order valence-corrected chi connectivity index (χ1v) is 43.4. The Kier molecular flexibility index (Phi) is 67.1. The molecule has 0 fully saturated rings. The number of aliphatic hydroxyl groups is 1. The van der Waals surface area contributed by atoms with Crippen LogP contribution < -0.4 is 0 Å². The summed E-state index contributed by atoms with van der Waals surface area (Å²) in [6, 6.07) is 0. The third-order valence-electron chi connectivity index (χ3n) is 18.9. The molecule has 4 unspecified atom stereocenters. The van der Waals surface area contributed by atoms with Gasteiger partial charge in [-0.25, -0.2) is 9.13 Å². The summed E-state index contributed by atoms with van der Waals surface area (Å²) in [5.74, 6) is 0.337. The summed E-state index contributed by atoms with van der Waals surface area (Å²) in [7, 11) is -9.91. The molecule has 0 aliphatic carbocycles. The van der Waals surface area contributed by atoms with Crippen molar-refractivity contribution in [3.8, 4) is 0 Å². The number of hydrogen-bond acceptors (Lipinski definition) is 15. The molecule has 0 saturated heterocycles. The molecule has 7 atom stereocenters. The summed E-state index contributed by atoms with van der Waals surface area (Å²) in [5.41, 5.74) is 0. The van der Waals surface area contributed by atoms with Crippen LogP contribution in [0.5, 0.6) is 0 Å². The van der Waals surface area contributed by atoms with E-state index in [1.54, 1.807) is 0 Å². The molecule has 0 spiro atoms. The Labute approximate surface area is 594 Å². The van der Waals surface area contributed by atoms with Crippen LogP contribution in [0.1, 0.15) is 402 Å². The number of phosphoric acid groups is 2. The van der Waals surface area contributed by atoms with Gasteiger partial charge >= 0.3 is 39.5 Å². The van der Waals surface area contributed by atoms with Gasteiger partial charge in [0.25, 0.3) is 0 Å². The van der Waals surface area contributed by atoms with Crippen molar-refractivity contribution in [1.82, 2.24) is 0 Å². The number of phosphoric ester groups is 2. The minimum atomic E-state index is -4.96. The van der Waals surface area contributed by atoms with Crippen LogP contribution in [-0.4, -0.2) is 96.7 Å². The minimum Gasteiger partial charge on any atom is -0.462 e. The van der Waals surface area contributed by atoms with Crippen LogP contribution in [0.3, 0.4) is 0 Å². The SMILES string of the molecule is CCCCCCCCCC(=O)OC[C@H](COP(=O)(O)OC[C@H](O)COP(=O)(O)OC[C@@H](COC(=O)CCCCCCCCCCCCCCCCC(C)CC)OC(=O)CCCCCCCCCCCCCCCCCC(C)C)OC(=O)CCCCCCCCCCCCC(C)CC. The third-order valence-corrected chi connectivity index (χ3v) is 20.8. The fraction of sp³-hybridized carbons (Fsp3) is 0.949. The van der Waals surface area contributed by atoms with Gasteiger partial charge in [-0.15, -0.1) is 0 Å². The van der Waals surface area contributed by atoms with Crippen LogP contribution in [0.4, 0.5) is 0 Å². The molecule has 0 heterocycles. The van der Waals surface area contributed by atoms with Crippen molar-refractivity contribution in [2.45, 2.75) is 420 Å². The third kappa shape index (κ3) is 69.5. The quantitative estimate of drug-likeness (QED) is 0.0222. The van der Waals surface area contributed by atoms with Crippen LogP contribution >= 0.6 is 15.6 Å². The molecule has 97 heavy (non-hydrogen) atoms. The zero-order chi connectivity index (χ0) is 71.6. The molecule has 0 rings (SSSR count). The van der Waals surface area contributed by atoms with Gasteiger partial charge in [-0.1, -0.05) is 350 Å². The summed E-state index contributed by atoms with van der Waals surface area (Å²) < 4.78 is 68.5. The summed E-state index contributed by atoms with van der Waals surface area (Å²) in [6.45, 7) is 12.0. The zero-order valence-electron chi connectivity index (χ0n) is 63.5. The van der Waals surface area contributed by atoms with Gasteiger partial charge in [0.05, 0.1) is 26.4 Å². The molecule has 0 aromatic rings. The smallest absolute Gasteiger partial charge is 0.462 e. The molecular weight excluding hydrogens is 1270 g/mol. The predicted molar refractivity (Wildman–Crippen MR) is 395 cm³/mol. The van der Waals surface area contributed by atoms with Crippen molar-refractivity contribution in [2.75, 3.05) is 39.6 Å². The van der Waals surface area contributed by atoms with Gasteiger partial charge in [0.2, 0.25) is 0 Å². The highest BCUT2D eigenvalue weighted by molar-refractivity contribution is 7.47. The summed E-state index contributed by atoms with van der Waals surface area (Å²) >= 11 is 0. The first kappa shape index (κ1) is 95.1. The van der Waals surface area contributed by atoms with Gasteiger partial charge in [0.1, 0.15) is 19.3 Å². The van der Waals surface area contributed by atoms with Gasteiger partial charge in [0.15, 0.2) is 12.2 Å². The Balaban J connectivity index is 5.20. The number of ether oxygens (including phenoxy) is 4. The van der Waals surface area contributed by atoms with E-state index in [2.05, 4.69) is 48.5 Å². The maximum Gasteiger partial charge on any atom is 0.472 e. The van der Waals surface area contributed by atoms with Crippen LogP contribution in [-0.2, 0) is 65.4 Å². The van der Waals surface area contributed by atoms with E-state index < -0.39 is 97.5 Å². The lowest BCUT2D eigenvalue weighted by Crippen LogP contribution is -2.30. The van der Waals surface area contributed by atoms with Crippen molar-refractivity contribution in [1.29, 1.82) is 0 Å². The second kappa shape index (κ2) is 68.5. The number of carbonyl (C=O) groups is 4. The lowest BCUT2D eigenvalue weighted by Gasteiger charge is -2.21. The average molecular weight is 1420 g/mol. The Morgan fingerprint density at radius 2 is 0.526 bits per heavy atom. The molecule has 0 saturated carbocycles. The Hall–Kier alpha value is -1.94. The molecule has 576 valence electrons. The molecule has 19 heteroatoms. The van der Waals surface area contributed by atoms with E-state index in [1.807, 2.05) is 0 Å². The Morgan fingerprint density at radius 1 is 0.299 bits per heavy atom. The first-order chi connectivity index (χ1) is 46.8. The van der Waals surface area contributed by atoms with Gasteiger partial charge < -0.3 is 33.8 Å². The van der Waals surface area contributed by atoms with E-state index in [4.69, 9.17) is 37.0 Å². The predicted octanol–water partition coefficient (Wildman–Crippen LogP) is 23.0. The number of unbranched alkanes of at least 4 members (excludes halogenated alkanes) is 42. The zero-order valence-corrected chi connectivity index (χ0v) is 65.3. The van der Waals surface area contributed by atoms with Gasteiger partial charge in [-0.3, -0.25) is 37.3 Å². The Morgan fingerprint density at radius 3 is 0.784 bits per heavy atom. The molecule has 3 N–H and O–H groups in total. The highest BCUT2D eigenvalue weighted by Crippen LogP contribution is 2.45. The van der Waals surface area contributed by atoms with Crippen molar-refractivity contribution in [3.05, 3.63) is 0 Å². The fourth-order valence-electron chi connectivity index (χ4n) is 11.9. The second-order valence-electron chi connectivity index (χ2n) is 29.1. The first-order valence-electron chi connectivity index (χ1n) is 40.4.